The van der Waals surface area contributed by atoms with Crippen molar-refractivity contribution >= 4 is 39.2 Å². The number of cyclic esters (lactones) is 1. The number of ketones is 3. The topological polar surface area (TPSA) is 222 Å². The first kappa shape index (κ1) is 63.4. The summed E-state index contributed by atoms with van der Waals surface area (Å²) < 4.78 is 62.8. The van der Waals surface area contributed by atoms with Gasteiger partial charge in [-0.3, -0.25) is 19.2 Å². The van der Waals surface area contributed by atoms with Crippen LogP contribution >= 0.6 is 0 Å². The fraction of sp³-hybridized carbons (Fsp3) is 0.776. The number of sulfonamides is 1. The van der Waals surface area contributed by atoms with Crippen molar-refractivity contribution in [3.63, 3.8) is 0 Å². The van der Waals surface area contributed by atoms with Gasteiger partial charge in [0.25, 0.3) is 11.7 Å². The highest BCUT2D eigenvalue weighted by molar-refractivity contribution is 7.89. The van der Waals surface area contributed by atoms with Crippen LogP contribution in [0, 0.1) is 41.4 Å². The third-order valence-electron chi connectivity index (χ3n) is 16.8. The van der Waals surface area contributed by atoms with E-state index < -0.39 is 87.8 Å². The van der Waals surface area contributed by atoms with Crippen LogP contribution in [0.1, 0.15) is 139 Å². The van der Waals surface area contributed by atoms with Crippen molar-refractivity contribution in [2.24, 2.45) is 41.4 Å². The Bertz CT molecular complexity index is 2190. The van der Waals surface area contributed by atoms with E-state index in [-0.39, 0.29) is 66.5 Å². The predicted molar refractivity (Wildman–Crippen MR) is 288 cm³/mol. The number of hydrogen-bond acceptors (Lipinski definition) is 15. The van der Waals surface area contributed by atoms with Gasteiger partial charge in [-0.15, -0.1) is 0 Å². The van der Waals surface area contributed by atoms with E-state index in [0.717, 1.165) is 24.8 Å². The van der Waals surface area contributed by atoms with Gasteiger partial charge in [-0.25, -0.2) is 13.2 Å². The molecule has 1 aliphatic carbocycles. The molecule has 15 atom stereocenters. The number of carbonyl (C=O) groups is 5. The standard InChI is InChI=1S/C58H92N2O15S/c1-37-17-12-11-13-18-38(2)50(70-9)35-46-22-20-44(8)58(67,75-46)55(64)56(65)60-24-15-14-19-47(60)57(66)74-51(36-48(61)39(3)32-43(7)53(63)54(71-10)52(62)42(6)31-37)41(5)34-45-21-23-49(40(4)33-45)73-27-16-30-76(68,69)59-25-28-72-29-26-59/h11-13,17-18,32,37,39-42,44-47,49-51,53-54,63,67H,14-16,19-31,33-36H2,1-10H3/b13-11+,17-12+,38-18+,43-32+/t37-,39-,40-,41-,42-,44-,45-,46+,47+,49-,50+,51+,53-,54+,58-/m1/s1. The summed E-state index contributed by atoms with van der Waals surface area (Å²) in [6.45, 7) is 16.7. The van der Waals surface area contributed by atoms with Crippen LogP contribution in [0.2, 0.25) is 0 Å². The Hall–Kier alpha value is -3.46. The molecule has 0 radical (unpaired) electrons. The first-order valence-electron chi connectivity index (χ1n) is 28.1. The number of amides is 1. The summed E-state index contributed by atoms with van der Waals surface area (Å²) >= 11 is 0. The van der Waals surface area contributed by atoms with E-state index >= 15 is 0 Å². The number of methoxy groups -OCH3 is 2. The lowest BCUT2D eigenvalue weighted by atomic mass is 9.75. The molecule has 3 saturated heterocycles. The number of hydrogen-bond donors (Lipinski definition) is 2. The van der Waals surface area contributed by atoms with Crippen LogP contribution in [0.25, 0.3) is 0 Å². The molecule has 4 aliphatic heterocycles. The van der Waals surface area contributed by atoms with Gasteiger partial charge in [-0.2, -0.15) is 4.31 Å². The van der Waals surface area contributed by atoms with Gasteiger partial charge in [-0.1, -0.05) is 78.0 Å². The second-order valence-corrected chi connectivity index (χ2v) is 24.9. The molecule has 0 aromatic carbocycles. The van der Waals surface area contributed by atoms with Crippen molar-refractivity contribution in [2.45, 2.75) is 187 Å². The summed E-state index contributed by atoms with van der Waals surface area (Å²) in [6.07, 6.45) is 12.9. The fourth-order valence-electron chi connectivity index (χ4n) is 11.8. The zero-order valence-corrected chi connectivity index (χ0v) is 48.0. The molecule has 1 saturated carbocycles. The SMILES string of the molecule is CO[C@H]1C[C@@H]2CC[C@@H](C)[C@@](O)(O2)C(=O)C(=O)N2CCCC[C@H]2C(=O)O[C@H]([C@H](C)C[C@@H]2CC[C@@H](OCCCS(=O)(=O)N3CCOCC3)[C@H](C)C2)CC(=O)[C@H](C)/C=C(\C)[C@@H](O)[C@@H](OC)C(=O)[C@H](C)C[C@H](C)/C=C/C=C/C=C/1C. The molecule has 1 amide bonds. The van der Waals surface area contributed by atoms with E-state index in [1.165, 1.54) is 16.3 Å². The number of rotatable bonds is 11. The zero-order chi connectivity index (χ0) is 55.9. The molecule has 5 rings (SSSR count). The van der Waals surface area contributed by atoms with E-state index in [9.17, 15) is 42.6 Å². The molecule has 430 valence electrons. The lowest BCUT2D eigenvalue weighted by Gasteiger charge is -2.42. The first-order valence-corrected chi connectivity index (χ1v) is 29.7. The second-order valence-electron chi connectivity index (χ2n) is 22.8. The third-order valence-corrected chi connectivity index (χ3v) is 18.7. The quantitative estimate of drug-likeness (QED) is 0.0932. The Balaban J connectivity index is 1.38. The molecular formula is C58H92N2O15S. The minimum Gasteiger partial charge on any atom is -0.460 e. The predicted octanol–water partition coefficient (Wildman–Crippen LogP) is 6.88. The van der Waals surface area contributed by atoms with Gasteiger partial charge in [0.1, 0.15) is 30.1 Å². The molecule has 0 spiro atoms. The first-order chi connectivity index (χ1) is 36.0. The normalized spacial score (nSPS) is 38.0. The Morgan fingerprint density at radius 3 is 2.26 bits per heavy atom. The maximum absolute atomic E-state index is 14.6. The van der Waals surface area contributed by atoms with Gasteiger partial charge in [0.2, 0.25) is 15.8 Å². The number of carbonyl (C=O) groups excluding carboxylic acids is 5. The average Bonchev–Trinajstić information content (AvgIpc) is 3.39. The summed E-state index contributed by atoms with van der Waals surface area (Å²) in [5, 5.41) is 23.6. The van der Waals surface area contributed by atoms with Gasteiger partial charge < -0.3 is 43.5 Å². The van der Waals surface area contributed by atoms with Gasteiger partial charge in [0.15, 0.2) is 5.78 Å². The Morgan fingerprint density at radius 1 is 0.855 bits per heavy atom. The molecule has 18 heteroatoms. The van der Waals surface area contributed by atoms with E-state index in [0.29, 0.717) is 89.8 Å². The Kier molecular flexibility index (Phi) is 24.7. The molecule has 0 aromatic heterocycles. The van der Waals surface area contributed by atoms with E-state index in [1.54, 1.807) is 34.0 Å². The van der Waals surface area contributed by atoms with Gasteiger partial charge in [0.05, 0.1) is 37.3 Å². The van der Waals surface area contributed by atoms with Gasteiger partial charge >= 0.3 is 5.97 Å². The molecule has 0 unspecified atom stereocenters. The van der Waals surface area contributed by atoms with Gasteiger partial charge in [0, 0.05) is 71.1 Å². The molecule has 17 nitrogen and oxygen atoms in total. The summed E-state index contributed by atoms with van der Waals surface area (Å²) in [6, 6.07) is -1.15. The lowest BCUT2D eigenvalue weighted by molar-refractivity contribution is -0.265. The number of ether oxygens (including phenoxy) is 6. The van der Waals surface area contributed by atoms with Crippen LogP contribution in [0.15, 0.2) is 47.6 Å². The van der Waals surface area contributed by atoms with Crippen molar-refractivity contribution in [1.29, 1.82) is 0 Å². The molecule has 5 aliphatic rings. The summed E-state index contributed by atoms with van der Waals surface area (Å²) in [4.78, 5) is 72.6. The van der Waals surface area contributed by atoms with Crippen LogP contribution < -0.4 is 0 Å². The number of aliphatic hydroxyl groups is 2. The number of esters is 1. The van der Waals surface area contributed by atoms with Gasteiger partial charge in [-0.05, 0) is 119 Å². The number of allylic oxidation sites excluding steroid dienone is 6. The number of fused-ring (bicyclic) bond motifs is 3. The number of Topliss-reactive ketones (excluding diaryl/α,β-unsaturated/α-hetero) is 3. The minimum absolute atomic E-state index is 0.00753. The van der Waals surface area contributed by atoms with E-state index in [4.69, 9.17) is 28.4 Å². The maximum Gasteiger partial charge on any atom is 0.329 e. The zero-order valence-electron chi connectivity index (χ0n) is 47.2. The Morgan fingerprint density at radius 2 is 1.58 bits per heavy atom. The molecule has 2 bridgehead atoms. The summed E-state index contributed by atoms with van der Waals surface area (Å²) in [7, 11) is -0.435. The van der Waals surface area contributed by atoms with E-state index in [1.807, 2.05) is 58.1 Å². The minimum atomic E-state index is -3.39. The van der Waals surface area contributed by atoms with Crippen molar-refractivity contribution in [3.8, 4) is 0 Å². The molecule has 4 heterocycles. The largest absolute Gasteiger partial charge is 0.460 e. The number of morpholine rings is 1. The van der Waals surface area contributed by atoms with Crippen LogP contribution in [0.5, 0.6) is 0 Å². The summed E-state index contributed by atoms with van der Waals surface area (Å²) in [5.41, 5.74) is 1.26. The molecule has 2 N–H and O–H groups in total. The van der Waals surface area contributed by atoms with Crippen LogP contribution in [0.4, 0.5) is 0 Å². The highest BCUT2D eigenvalue weighted by atomic mass is 32.2. The van der Waals surface area contributed by atoms with Crippen molar-refractivity contribution in [3.05, 3.63) is 47.6 Å². The molecule has 76 heavy (non-hydrogen) atoms. The molecule has 0 aromatic rings. The van der Waals surface area contributed by atoms with Crippen LogP contribution in [-0.4, -0.2) is 165 Å². The molecule has 4 fully saturated rings. The number of nitrogens with zero attached hydrogens (tertiary/aromatic N) is 2. The highest BCUT2D eigenvalue weighted by Gasteiger charge is 2.53. The summed E-state index contributed by atoms with van der Waals surface area (Å²) in [5.74, 6) is -7.79. The highest BCUT2D eigenvalue weighted by Crippen LogP contribution is 2.39. The van der Waals surface area contributed by atoms with Crippen molar-refractivity contribution in [2.75, 3.05) is 59.4 Å². The Labute approximate surface area is 453 Å². The lowest BCUT2D eigenvalue weighted by Crippen LogP contribution is -2.61. The average molecular weight is 1090 g/mol. The smallest absolute Gasteiger partial charge is 0.329 e. The van der Waals surface area contributed by atoms with Crippen LogP contribution in [-0.2, 0) is 62.4 Å². The van der Waals surface area contributed by atoms with Crippen molar-refractivity contribution < 1.29 is 71.0 Å². The third kappa shape index (κ3) is 17.3. The van der Waals surface area contributed by atoms with E-state index in [2.05, 4.69) is 6.92 Å². The van der Waals surface area contributed by atoms with Crippen molar-refractivity contribution in [1.82, 2.24) is 9.21 Å². The molecular weight excluding hydrogens is 997 g/mol. The number of piperidine rings is 1. The fourth-order valence-corrected chi connectivity index (χ4v) is 13.3. The number of aliphatic hydroxyl groups excluding tert-OH is 1. The second kappa shape index (κ2) is 29.7. The monoisotopic (exact) mass is 1090 g/mol. The maximum atomic E-state index is 14.6. The van der Waals surface area contributed by atoms with Crippen LogP contribution in [0.3, 0.4) is 0 Å².